The Kier molecular flexibility index (Phi) is 5.09. The van der Waals surface area contributed by atoms with Crippen molar-refractivity contribution in [3.8, 4) is 0 Å². The maximum Gasteiger partial charge on any atom is 0.334 e. The van der Waals surface area contributed by atoms with Crippen molar-refractivity contribution in [3.05, 3.63) is 24.3 Å². The molecule has 7 heteroatoms. The van der Waals surface area contributed by atoms with E-state index < -0.39 is 41.0 Å². The molecule has 2 aliphatic rings. The smallest absolute Gasteiger partial charge is 0.334 e. The molecule has 2 aliphatic carbocycles. The van der Waals surface area contributed by atoms with Gasteiger partial charge in [0.15, 0.2) is 0 Å². The zero-order valence-electron chi connectivity index (χ0n) is 15.0. The fourth-order valence-electron chi connectivity index (χ4n) is 3.01. The molecule has 2 unspecified atom stereocenters. The fourth-order valence-corrected chi connectivity index (χ4v) is 3.01. The zero-order chi connectivity index (χ0) is 19.0. The molecule has 2 N–H and O–H groups in total. The molecule has 0 saturated heterocycles. The summed E-state index contributed by atoms with van der Waals surface area (Å²) in [5.41, 5.74) is -1.76. The van der Waals surface area contributed by atoms with E-state index in [1.54, 1.807) is 26.8 Å². The van der Waals surface area contributed by atoms with Crippen molar-refractivity contribution in [2.24, 2.45) is 11.8 Å². The van der Waals surface area contributed by atoms with Gasteiger partial charge in [-0.1, -0.05) is 6.08 Å². The minimum Gasteiger partial charge on any atom is -0.466 e. The molecule has 0 aromatic rings. The lowest BCUT2D eigenvalue weighted by Crippen LogP contribution is -2.50. The molecule has 0 aromatic carbocycles. The maximum atomic E-state index is 12.7. The van der Waals surface area contributed by atoms with Crippen molar-refractivity contribution in [3.63, 3.8) is 0 Å². The third kappa shape index (κ3) is 3.92. The van der Waals surface area contributed by atoms with Gasteiger partial charge in [0.25, 0.3) is 0 Å². The number of rotatable bonds is 5. The summed E-state index contributed by atoms with van der Waals surface area (Å²) < 4.78 is 10.1. The van der Waals surface area contributed by atoms with Gasteiger partial charge in [0, 0.05) is 11.5 Å². The first-order chi connectivity index (χ1) is 11.5. The molecule has 1 fully saturated rings. The Morgan fingerprint density at radius 1 is 1.40 bits per heavy atom. The Morgan fingerprint density at radius 3 is 2.52 bits per heavy atom. The second-order valence-electron chi connectivity index (χ2n) is 7.48. The lowest BCUT2D eigenvalue weighted by Gasteiger charge is -2.26. The van der Waals surface area contributed by atoms with Gasteiger partial charge in [-0.25, -0.2) is 9.59 Å². The van der Waals surface area contributed by atoms with Crippen molar-refractivity contribution in [2.75, 3.05) is 7.11 Å². The van der Waals surface area contributed by atoms with E-state index in [9.17, 15) is 19.5 Å². The highest BCUT2D eigenvalue weighted by Crippen LogP contribution is 2.46. The van der Waals surface area contributed by atoms with Crippen LogP contribution in [0.15, 0.2) is 24.3 Å². The Bertz CT molecular complexity index is 632. The highest BCUT2D eigenvalue weighted by molar-refractivity contribution is 6.00. The van der Waals surface area contributed by atoms with Crippen LogP contribution < -0.4 is 5.32 Å². The SMILES string of the molecule is C=C[C@@H]1C[C@]1(NC(=O)C1CC(O)C=C1C(=O)OC)C(=O)OC(C)(C)C. The molecule has 2 rings (SSSR count). The third-order valence-corrected chi connectivity index (χ3v) is 4.37. The quantitative estimate of drug-likeness (QED) is 0.563. The number of methoxy groups -OCH3 is 1. The molecular formula is C18H25NO6. The fraction of sp³-hybridized carbons (Fsp3) is 0.611. The van der Waals surface area contributed by atoms with Gasteiger partial charge in [-0.2, -0.15) is 0 Å². The zero-order valence-corrected chi connectivity index (χ0v) is 15.0. The second-order valence-corrected chi connectivity index (χ2v) is 7.48. The molecular weight excluding hydrogens is 326 g/mol. The second kappa shape index (κ2) is 6.63. The molecule has 0 bridgehead atoms. The van der Waals surface area contributed by atoms with E-state index in [1.165, 1.54) is 13.2 Å². The van der Waals surface area contributed by atoms with E-state index in [1.807, 2.05) is 0 Å². The van der Waals surface area contributed by atoms with Crippen LogP contribution in [0.4, 0.5) is 0 Å². The maximum absolute atomic E-state index is 12.7. The van der Waals surface area contributed by atoms with E-state index in [-0.39, 0.29) is 17.9 Å². The third-order valence-electron chi connectivity index (χ3n) is 4.37. The van der Waals surface area contributed by atoms with E-state index >= 15 is 0 Å². The van der Waals surface area contributed by atoms with E-state index in [2.05, 4.69) is 16.6 Å². The van der Waals surface area contributed by atoms with Crippen molar-refractivity contribution in [2.45, 2.75) is 50.9 Å². The standard InChI is InChI=1S/C18H25NO6/c1-6-10-9-18(10,16(23)25-17(2,3)4)19-14(21)12-7-11(20)8-13(12)15(22)24-5/h6,8,10-12,20H,1,7,9H2,2-5H3,(H,19,21)/t10-,11?,12?,18-/m1/s1. The number of amides is 1. The molecule has 0 radical (unpaired) electrons. The first-order valence-corrected chi connectivity index (χ1v) is 8.20. The molecule has 138 valence electrons. The average Bonchev–Trinajstić information content (AvgIpc) is 3.09. The van der Waals surface area contributed by atoms with Crippen molar-refractivity contribution < 1.29 is 29.0 Å². The molecule has 1 amide bonds. The first-order valence-electron chi connectivity index (χ1n) is 8.20. The van der Waals surface area contributed by atoms with Gasteiger partial charge in [-0.15, -0.1) is 6.58 Å². The lowest BCUT2D eigenvalue weighted by molar-refractivity contribution is -0.160. The summed E-state index contributed by atoms with van der Waals surface area (Å²) in [6.07, 6.45) is 2.47. The molecule has 1 saturated carbocycles. The lowest BCUT2D eigenvalue weighted by atomic mass is 9.99. The highest BCUT2D eigenvalue weighted by Gasteiger charge is 2.62. The van der Waals surface area contributed by atoms with E-state index in [0.29, 0.717) is 6.42 Å². The van der Waals surface area contributed by atoms with Crippen LogP contribution in [0.1, 0.15) is 33.6 Å². The number of ether oxygens (including phenoxy) is 2. The molecule has 25 heavy (non-hydrogen) atoms. The van der Waals surface area contributed by atoms with Crippen molar-refractivity contribution >= 4 is 17.8 Å². The van der Waals surface area contributed by atoms with Crippen LogP contribution in [0, 0.1) is 11.8 Å². The van der Waals surface area contributed by atoms with Crippen molar-refractivity contribution in [1.82, 2.24) is 5.32 Å². The molecule has 0 aromatic heterocycles. The monoisotopic (exact) mass is 351 g/mol. The number of esters is 2. The van der Waals surface area contributed by atoms with Gasteiger partial charge in [-0.3, -0.25) is 4.79 Å². The largest absolute Gasteiger partial charge is 0.466 e. The van der Waals surface area contributed by atoms with Gasteiger partial charge in [0.2, 0.25) is 5.91 Å². The number of aliphatic hydroxyl groups is 1. The number of hydrogen-bond acceptors (Lipinski definition) is 6. The molecule has 0 heterocycles. The minimum atomic E-state index is -1.17. The van der Waals surface area contributed by atoms with Gasteiger partial charge < -0.3 is 19.9 Å². The Labute approximate surface area is 147 Å². The summed E-state index contributed by atoms with van der Waals surface area (Å²) >= 11 is 0. The molecule has 4 atom stereocenters. The van der Waals surface area contributed by atoms with E-state index in [4.69, 9.17) is 4.74 Å². The average molecular weight is 351 g/mol. The number of hydrogen-bond donors (Lipinski definition) is 2. The van der Waals surface area contributed by atoms with Gasteiger partial charge in [0.05, 0.1) is 19.1 Å². The number of carbonyl (C=O) groups is 3. The van der Waals surface area contributed by atoms with Crippen LogP contribution in [0.3, 0.4) is 0 Å². The summed E-state index contributed by atoms with van der Waals surface area (Å²) in [5.74, 6) is -2.81. The van der Waals surface area contributed by atoms with Crippen LogP contribution >= 0.6 is 0 Å². The van der Waals surface area contributed by atoms with Crippen LogP contribution in [0.25, 0.3) is 0 Å². The van der Waals surface area contributed by atoms with Crippen LogP contribution in [-0.4, -0.2) is 47.3 Å². The van der Waals surface area contributed by atoms with Gasteiger partial charge >= 0.3 is 11.9 Å². The highest BCUT2D eigenvalue weighted by atomic mass is 16.6. The summed E-state index contributed by atoms with van der Waals surface area (Å²) in [6, 6.07) is 0. The number of carbonyl (C=O) groups excluding carboxylic acids is 3. The Hall–Kier alpha value is -2.15. The normalized spacial score (nSPS) is 30.9. The summed E-state index contributed by atoms with van der Waals surface area (Å²) in [5, 5.41) is 12.5. The summed E-state index contributed by atoms with van der Waals surface area (Å²) in [7, 11) is 1.21. The van der Waals surface area contributed by atoms with Gasteiger partial charge in [-0.05, 0) is 39.7 Å². The molecule has 0 spiro atoms. The van der Waals surface area contributed by atoms with Crippen LogP contribution in [-0.2, 0) is 23.9 Å². The van der Waals surface area contributed by atoms with Gasteiger partial charge in [0.1, 0.15) is 11.1 Å². The predicted molar refractivity (Wildman–Crippen MR) is 89.2 cm³/mol. The minimum absolute atomic E-state index is 0.0689. The molecule has 0 aliphatic heterocycles. The summed E-state index contributed by atoms with van der Waals surface area (Å²) in [4.78, 5) is 37.1. The van der Waals surface area contributed by atoms with E-state index in [0.717, 1.165) is 0 Å². The Morgan fingerprint density at radius 2 is 2.04 bits per heavy atom. The van der Waals surface area contributed by atoms with Crippen molar-refractivity contribution in [1.29, 1.82) is 0 Å². The van der Waals surface area contributed by atoms with Crippen LogP contribution in [0.2, 0.25) is 0 Å². The predicted octanol–water partition coefficient (Wildman–Crippen LogP) is 0.869. The Balaban J connectivity index is 2.17. The number of nitrogens with one attached hydrogen (secondary N) is 1. The summed E-state index contributed by atoms with van der Waals surface area (Å²) in [6.45, 7) is 8.93. The first kappa shape index (κ1) is 19.2. The van der Waals surface area contributed by atoms with Crippen LogP contribution in [0.5, 0.6) is 0 Å². The molecule has 7 nitrogen and oxygen atoms in total. The topological polar surface area (TPSA) is 102 Å². The number of aliphatic hydroxyl groups excluding tert-OH is 1.